The van der Waals surface area contributed by atoms with Crippen LogP contribution < -0.4 is 0 Å². The number of nitrogens with zero attached hydrogens (tertiary/aromatic N) is 4. The average molecular weight is 539 g/mol. The van der Waals surface area contributed by atoms with E-state index in [1.165, 1.54) is 37.9 Å². The average Bonchev–Trinajstić information content (AvgIpc) is 3.27. The molecule has 1 N–H and O–H groups in total. The number of aliphatic hydroxyl groups excluding tert-OH is 1. The molecule has 0 radical (unpaired) electrons. The number of piperidine rings is 1. The van der Waals surface area contributed by atoms with E-state index < -0.39 is 6.23 Å². The van der Waals surface area contributed by atoms with Crippen LogP contribution in [0.3, 0.4) is 0 Å². The van der Waals surface area contributed by atoms with Gasteiger partial charge in [0.2, 0.25) is 0 Å². The van der Waals surface area contributed by atoms with Crippen LogP contribution in [0.15, 0.2) is 42.6 Å². The van der Waals surface area contributed by atoms with E-state index in [-0.39, 0.29) is 0 Å². The van der Waals surface area contributed by atoms with Crippen LogP contribution in [0.1, 0.15) is 83.6 Å². The predicted molar refractivity (Wildman–Crippen MR) is 160 cm³/mol. The molecule has 1 aliphatic rings. The highest BCUT2D eigenvalue weighted by Gasteiger charge is 2.21. The molecule has 1 aromatic carbocycles. The number of hydrogen-bond acceptors (Lipinski definition) is 4. The summed E-state index contributed by atoms with van der Waals surface area (Å²) in [5.74, 6) is 1.21. The fourth-order valence-corrected chi connectivity index (χ4v) is 5.56. The van der Waals surface area contributed by atoms with E-state index in [9.17, 15) is 5.11 Å². The van der Waals surface area contributed by atoms with Crippen molar-refractivity contribution in [3.63, 3.8) is 0 Å². The lowest BCUT2D eigenvalue weighted by Gasteiger charge is -2.29. The van der Waals surface area contributed by atoms with Crippen LogP contribution >= 0.6 is 11.6 Å². The third kappa shape index (κ3) is 7.81. The van der Waals surface area contributed by atoms with Crippen LogP contribution in [0.5, 0.6) is 0 Å². The van der Waals surface area contributed by atoms with Crippen molar-refractivity contribution in [3.05, 3.63) is 58.7 Å². The maximum Gasteiger partial charge on any atom is 0.133 e. The third-order valence-electron chi connectivity index (χ3n) is 7.86. The van der Waals surface area contributed by atoms with Gasteiger partial charge in [0.15, 0.2) is 0 Å². The molecule has 0 spiro atoms. The lowest BCUT2D eigenvalue weighted by molar-refractivity contribution is -0.00363. The lowest BCUT2D eigenvalue weighted by Crippen LogP contribution is -2.32. The molecule has 3 heterocycles. The van der Waals surface area contributed by atoms with Gasteiger partial charge in [-0.25, -0.2) is 4.52 Å². The van der Waals surface area contributed by atoms with Crippen molar-refractivity contribution in [2.75, 3.05) is 32.7 Å². The van der Waals surface area contributed by atoms with Gasteiger partial charge in [0.05, 0.1) is 11.2 Å². The second-order valence-electron chi connectivity index (χ2n) is 11.9. The Morgan fingerprint density at radius 2 is 1.61 bits per heavy atom. The minimum absolute atomic E-state index is 0.606. The lowest BCUT2D eigenvalue weighted by atomic mass is 10.0. The standard InChI is InChI=1S/C32H47ClN4O/c1-24(2)14-20-36(21-15-25(3)4)32(38)27-16-22-37-30(23-27)29(9-8-19-35-17-6-5-7-18-35)31(34-37)26-10-12-28(33)13-11-26/h10-13,16,22-25,32,38H,5-9,14-15,17-21H2,1-4H3. The van der Waals surface area contributed by atoms with Crippen molar-refractivity contribution in [2.24, 2.45) is 11.8 Å². The van der Waals surface area contributed by atoms with Gasteiger partial charge in [0.1, 0.15) is 6.23 Å². The maximum absolute atomic E-state index is 11.5. The molecule has 0 amide bonds. The fourth-order valence-electron chi connectivity index (χ4n) is 5.44. The van der Waals surface area contributed by atoms with Crippen LogP contribution in [-0.2, 0) is 6.42 Å². The van der Waals surface area contributed by atoms with Crippen molar-refractivity contribution >= 4 is 17.1 Å². The van der Waals surface area contributed by atoms with E-state index in [2.05, 4.69) is 55.7 Å². The minimum atomic E-state index is -0.618. The topological polar surface area (TPSA) is 44.0 Å². The molecule has 1 aliphatic heterocycles. The summed E-state index contributed by atoms with van der Waals surface area (Å²) in [6, 6.07) is 12.2. The molecule has 38 heavy (non-hydrogen) atoms. The van der Waals surface area contributed by atoms with Gasteiger partial charge in [-0.1, -0.05) is 57.8 Å². The summed E-state index contributed by atoms with van der Waals surface area (Å²) >= 11 is 6.20. The molecule has 0 saturated carbocycles. The quantitative estimate of drug-likeness (QED) is 0.229. The molecule has 0 aliphatic carbocycles. The van der Waals surface area contributed by atoms with Gasteiger partial charge in [-0.3, -0.25) is 4.90 Å². The Bertz CT molecular complexity index is 1120. The van der Waals surface area contributed by atoms with E-state index in [0.717, 1.165) is 72.7 Å². The van der Waals surface area contributed by atoms with Crippen LogP contribution in [0.25, 0.3) is 16.8 Å². The summed E-state index contributed by atoms with van der Waals surface area (Å²) in [5.41, 5.74) is 5.41. The van der Waals surface area contributed by atoms with Gasteiger partial charge in [-0.15, -0.1) is 0 Å². The van der Waals surface area contributed by atoms with Crippen LogP contribution in [0, 0.1) is 11.8 Å². The highest BCUT2D eigenvalue weighted by Crippen LogP contribution is 2.31. The Balaban J connectivity index is 1.63. The second kappa shape index (κ2) is 13.9. The van der Waals surface area contributed by atoms with Crippen molar-refractivity contribution < 1.29 is 5.11 Å². The summed E-state index contributed by atoms with van der Waals surface area (Å²) in [4.78, 5) is 4.85. The van der Waals surface area contributed by atoms with Gasteiger partial charge in [-0.2, -0.15) is 5.10 Å². The van der Waals surface area contributed by atoms with Crippen LogP contribution in [0.2, 0.25) is 5.02 Å². The second-order valence-corrected chi connectivity index (χ2v) is 12.3. The number of halogens is 1. The summed E-state index contributed by atoms with van der Waals surface area (Å²) in [6.07, 6.45) is 9.61. The number of pyridine rings is 1. The highest BCUT2D eigenvalue weighted by molar-refractivity contribution is 6.30. The Morgan fingerprint density at radius 1 is 0.947 bits per heavy atom. The van der Waals surface area contributed by atoms with Gasteiger partial charge in [0.25, 0.3) is 0 Å². The van der Waals surface area contributed by atoms with Crippen LogP contribution in [0.4, 0.5) is 0 Å². The number of aliphatic hydroxyl groups is 1. The zero-order chi connectivity index (χ0) is 27.1. The smallest absolute Gasteiger partial charge is 0.133 e. The Kier molecular flexibility index (Phi) is 10.7. The van der Waals surface area contributed by atoms with E-state index in [1.807, 2.05) is 28.9 Å². The first-order valence-corrected chi connectivity index (χ1v) is 15.1. The van der Waals surface area contributed by atoms with Gasteiger partial charge < -0.3 is 10.0 Å². The summed E-state index contributed by atoms with van der Waals surface area (Å²) in [5, 5.41) is 17.3. The molecule has 3 aromatic rings. The molecule has 1 saturated heterocycles. The van der Waals surface area contributed by atoms with Crippen molar-refractivity contribution in [3.8, 4) is 11.3 Å². The molecule has 1 unspecified atom stereocenters. The number of aryl methyl sites for hydroxylation is 1. The molecule has 1 atom stereocenters. The first kappa shape index (κ1) is 29.1. The Morgan fingerprint density at radius 3 is 2.24 bits per heavy atom. The summed E-state index contributed by atoms with van der Waals surface area (Å²) in [6.45, 7) is 14.4. The van der Waals surface area contributed by atoms with E-state index >= 15 is 0 Å². The number of aromatic nitrogens is 2. The molecule has 2 aromatic heterocycles. The van der Waals surface area contributed by atoms with Gasteiger partial charge >= 0.3 is 0 Å². The summed E-state index contributed by atoms with van der Waals surface area (Å²) < 4.78 is 1.99. The Hall–Kier alpha value is -1.92. The zero-order valence-electron chi connectivity index (χ0n) is 23.9. The van der Waals surface area contributed by atoms with Crippen molar-refractivity contribution in [1.29, 1.82) is 0 Å². The minimum Gasteiger partial charge on any atom is -0.374 e. The summed E-state index contributed by atoms with van der Waals surface area (Å²) in [7, 11) is 0. The number of fused-ring (bicyclic) bond motifs is 1. The molecular weight excluding hydrogens is 492 g/mol. The molecule has 5 nitrogen and oxygen atoms in total. The molecule has 1 fully saturated rings. The number of benzene rings is 1. The van der Waals surface area contributed by atoms with Gasteiger partial charge in [-0.05, 0) is 99.8 Å². The highest BCUT2D eigenvalue weighted by atomic mass is 35.5. The normalized spacial score (nSPS) is 15.8. The van der Waals surface area contributed by atoms with E-state index in [4.69, 9.17) is 16.7 Å². The predicted octanol–water partition coefficient (Wildman–Crippen LogP) is 7.46. The number of likely N-dealkylation sites (tertiary alicyclic amines) is 1. The molecular formula is C32H47ClN4O. The molecule has 6 heteroatoms. The molecule has 0 bridgehead atoms. The van der Waals surface area contributed by atoms with Crippen molar-refractivity contribution in [1.82, 2.24) is 19.4 Å². The van der Waals surface area contributed by atoms with E-state index in [0.29, 0.717) is 11.8 Å². The molecule has 4 rings (SSSR count). The van der Waals surface area contributed by atoms with Crippen LogP contribution in [-0.4, -0.2) is 57.2 Å². The zero-order valence-corrected chi connectivity index (χ0v) is 24.6. The fraction of sp³-hybridized carbons (Fsp3) is 0.594. The Labute approximate surface area is 234 Å². The first-order chi connectivity index (χ1) is 18.3. The first-order valence-electron chi connectivity index (χ1n) is 14.7. The SMILES string of the molecule is CC(C)CCN(CCC(C)C)C(O)c1ccn2nc(-c3ccc(Cl)cc3)c(CCCN3CCCCC3)c2c1. The number of rotatable bonds is 13. The largest absolute Gasteiger partial charge is 0.374 e. The van der Waals surface area contributed by atoms with E-state index in [1.54, 1.807) is 0 Å². The maximum atomic E-state index is 11.5. The van der Waals surface area contributed by atoms with Gasteiger partial charge in [0, 0.05) is 35.4 Å². The molecule has 208 valence electrons. The monoisotopic (exact) mass is 538 g/mol. The van der Waals surface area contributed by atoms with Crippen molar-refractivity contribution in [2.45, 2.75) is 78.9 Å². The number of hydrogen-bond donors (Lipinski definition) is 1. The third-order valence-corrected chi connectivity index (χ3v) is 8.11.